The van der Waals surface area contributed by atoms with E-state index in [1.807, 2.05) is 0 Å². The standard InChI is InChI=1S/C15H17F4N3/c16-11-8-20-6-4-13(11)21-12-2-1-3-14-10(12)5-7-22(14)9-15(17,18)19/h1-3,5,7,11,13,20-21H,4,6,8-9H2/t11-,13+/m0/s1. The van der Waals surface area contributed by atoms with Crippen LogP contribution in [0, 0.1) is 0 Å². The minimum atomic E-state index is -4.27. The molecule has 7 heteroatoms. The molecule has 0 amide bonds. The summed E-state index contributed by atoms with van der Waals surface area (Å²) in [7, 11) is 0. The van der Waals surface area contributed by atoms with Crippen LogP contribution in [0.5, 0.6) is 0 Å². The van der Waals surface area contributed by atoms with Gasteiger partial charge in [-0.25, -0.2) is 4.39 Å². The zero-order valence-electron chi connectivity index (χ0n) is 11.8. The van der Waals surface area contributed by atoms with Crippen molar-refractivity contribution in [3.63, 3.8) is 0 Å². The van der Waals surface area contributed by atoms with Crippen LogP contribution in [-0.4, -0.2) is 36.0 Å². The van der Waals surface area contributed by atoms with E-state index in [1.54, 1.807) is 24.3 Å². The second kappa shape index (κ2) is 5.79. The first-order valence-electron chi connectivity index (χ1n) is 7.20. The van der Waals surface area contributed by atoms with Gasteiger partial charge in [-0.3, -0.25) is 0 Å². The van der Waals surface area contributed by atoms with E-state index in [1.165, 1.54) is 6.20 Å². The van der Waals surface area contributed by atoms with E-state index in [0.717, 1.165) is 11.1 Å². The number of piperidine rings is 1. The molecule has 2 atom stereocenters. The molecular formula is C15H17F4N3. The normalized spacial score (nSPS) is 22.9. The molecule has 120 valence electrons. The van der Waals surface area contributed by atoms with Crippen LogP contribution < -0.4 is 10.6 Å². The zero-order chi connectivity index (χ0) is 15.7. The maximum Gasteiger partial charge on any atom is 0.406 e. The summed E-state index contributed by atoms with van der Waals surface area (Å²) in [5, 5.41) is 6.79. The number of hydrogen-bond acceptors (Lipinski definition) is 2. The van der Waals surface area contributed by atoms with Crippen LogP contribution in [0.15, 0.2) is 30.5 Å². The quantitative estimate of drug-likeness (QED) is 0.851. The number of anilines is 1. The number of nitrogens with one attached hydrogen (secondary N) is 2. The molecule has 0 aliphatic carbocycles. The smallest absolute Gasteiger partial charge is 0.379 e. The van der Waals surface area contributed by atoms with Gasteiger partial charge in [-0.1, -0.05) is 6.07 Å². The van der Waals surface area contributed by atoms with Crippen LogP contribution in [0.1, 0.15) is 6.42 Å². The minimum Gasteiger partial charge on any atom is -0.379 e. The van der Waals surface area contributed by atoms with Crippen LogP contribution in [0.2, 0.25) is 0 Å². The first kappa shape index (κ1) is 15.1. The van der Waals surface area contributed by atoms with Crippen LogP contribution in [-0.2, 0) is 6.54 Å². The first-order valence-corrected chi connectivity index (χ1v) is 7.20. The fourth-order valence-corrected chi connectivity index (χ4v) is 2.86. The maximum atomic E-state index is 13.9. The third-order valence-electron chi connectivity index (χ3n) is 3.91. The number of nitrogens with zero attached hydrogens (tertiary/aromatic N) is 1. The van der Waals surface area contributed by atoms with Crippen molar-refractivity contribution < 1.29 is 17.6 Å². The molecule has 1 saturated heterocycles. The van der Waals surface area contributed by atoms with Gasteiger partial charge in [0.25, 0.3) is 0 Å². The average molecular weight is 315 g/mol. The van der Waals surface area contributed by atoms with Crippen LogP contribution >= 0.6 is 0 Å². The van der Waals surface area contributed by atoms with Crippen molar-refractivity contribution in [2.45, 2.75) is 31.4 Å². The van der Waals surface area contributed by atoms with Crippen molar-refractivity contribution in [2.24, 2.45) is 0 Å². The summed E-state index contributed by atoms with van der Waals surface area (Å²) in [6.45, 7) is -0.00901. The van der Waals surface area contributed by atoms with E-state index < -0.39 is 18.9 Å². The number of rotatable bonds is 3. The van der Waals surface area contributed by atoms with Gasteiger partial charge in [-0.2, -0.15) is 13.2 Å². The summed E-state index contributed by atoms with van der Waals surface area (Å²) in [5.74, 6) is 0. The van der Waals surface area contributed by atoms with Gasteiger partial charge in [-0.15, -0.1) is 0 Å². The van der Waals surface area contributed by atoms with Crippen LogP contribution in [0.3, 0.4) is 0 Å². The number of halogens is 4. The van der Waals surface area contributed by atoms with E-state index >= 15 is 0 Å². The molecule has 2 heterocycles. The molecule has 0 bridgehead atoms. The Kier molecular flexibility index (Phi) is 3.99. The van der Waals surface area contributed by atoms with E-state index in [2.05, 4.69) is 10.6 Å². The summed E-state index contributed by atoms with van der Waals surface area (Å²) in [4.78, 5) is 0. The summed E-state index contributed by atoms with van der Waals surface area (Å²) in [6, 6.07) is 6.41. The number of aromatic nitrogens is 1. The molecule has 1 aliphatic heterocycles. The topological polar surface area (TPSA) is 29.0 Å². The Hall–Kier alpha value is -1.76. The molecule has 0 saturated carbocycles. The lowest BCUT2D eigenvalue weighted by atomic mass is 10.0. The van der Waals surface area contributed by atoms with Crippen molar-refractivity contribution >= 4 is 16.6 Å². The molecule has 0 spiro atoms. The fourth-order valence-electron chi connectivity index (χ4n) is 2.86. The molecule has 0 radical (unpaired) electrons. The van der Waals surface area contributed by atoms with Crippen molar-refractivity contribution in [2.75, 3.05) is 18.4 Å². The molecule has 1 aromatic heterocycles. The average Bonchev–Trinajstić information content (AvgIpc) is 2.84. The highest BCUT2D eigenvalue weighted by molar-refractivity contribution is 5.92. The molecule has 3 nitrogen and oxygen atoms in total. The monoisotopic (exact) mass is 315 g/mol. The molecule has 1 aromatic carbocycles. The summed E-state index contributed by atoms with van der Waals surface area (Å²) < 4.78 is 52.8. The third kappa shape index (κ3) is 3.19. The van der Waals surface area contributed by atoms with E-state index in [9.17, 15) is 17.6 Å². The van der Waals surface area contributed by atoms with Crippen LogP contribution in [0.25, 0.3) is 10.9 Å². The number of fused-ring (bicyclic) bond motifs is 1. The maximum absolute atomic E-state index is 13.9. The Labute approximate surface area is 125 Å². The molecular weight excluding hydrogens is 298 g/mol. The van der Waals surface area contributed by atoms with Gasteiger partial charge >= 0.3 is 6.18 Å². The third-order valence-corrected chi connectivity index (χ3v) is 3.91. The molecule has 3 rings (SSSR count). The van der Waals surface area contributed by atoms with Crippen LogP contribution in [0.4, 0.5) is 23.2 Å². The number of alkyl halides is 4. The Balaban J connectivity index is 1.87. The SMILES string of the molecule is F[C@H]1CNCC[C@H]1Nc1cccc2c1ccn2CC(F)(F)F. The lowest BCUT2D eigenvalue weighted by Crippen LogP contribution is -2.45. The highest BCUT2D eigenvalue weighted by Crippen LogP contribution is 2.29. The highest BCUT2D eigenvalue weighted by Gasteiger charge is 2.29. The predicted octanol–water partition coefficient (Wildman–Crippen LogP) is 3.32. The van der Waals surface area contributed by atoms with Crippen molar-refractivity contribution in [1.29, 1.82) is 0 Å². The lowest BCUT2D eigenvalue weighted by Gasteiger charge is -2.28. The van der Waals surface area contributed by atoms with Crippen molar-refractivity contribution in [3.05, 3.63) is 30.5 Å². The molecule has 2 aromatic rings. The summed E-state index contributed by atoms with van der Waals surface area (Å²) in [6.07, 6.45) is -3.23. The van der Waals surface area contributed by atoms with Gasteiger partial charge in [0.2, 0.25) is 0 Å². The molecule has 1 fully saturated rings. The van der Waals surface area contributed by atoms with Gasteiger partial charge < -0.3 is 15.2 Å². The molecule has 1 aliphatic rings. The Morgan fingerprint density at radius 3 is 2.82 bits per heavy atom. The second-order valence-electron chi connectivity index (χ2n) is 5.56. The molecule has 22 heavy (non-hydrogen) atoms. The minimum absolute atomic E-state index is 0.294. The van der Waals surface area contributed by atoms with E-state index in [0.29, 0.717) is 29.6 Å². The molecule has 2 N–H and O–H groups in total. The number of hydrogen-bond donors (Lipinski definition) is 2. The first-order chi connectivity index (χ1) is 10.4. The predicted molar refractivity (Wildman–Crippen MR) is 77.8 cm³/mol. The summed E-state index contributed by atoms with van der Waals surface area (Å²) in [5.41, 5.74) is 1.17. The summed E-state index contributed by atoms with van der Waals surface area (Å²) >= 11 is 0. The van der Waals surface area contributed by atoms with Gasteiger partial charge in [0, 0.05) is 23.8 Å². The zero-order valence-corrected chi connectivity index (χ0v) is 11.8. The second-order valence-corrected chi connectivity index (χ2v) is 5.56. The van der Waals surface area contributed by atoms with Gasteiger partial charge in [-0.05, 0) is 31.2 Å². The van der Waals surface area contributed by atoms with Crippen molar-refractivity contribution in [3.8, 4) is 0 Å². The van der Waals surface area contributed by atoms with E-state index in [4.69, 9.17) is 0 Å². The lowest BCUT2D eigenvalue weighted by molar-refractivity contribution is -0.139. The van der Waals surface area contributed by atoms with Gasteiger partial charge in [0.15, 0.2) is 0 Å². The molecule has 0 unspecified atom stereocenters. The Morgan fingerprint density at radius 2 is 2.09 bits per heavy atom. The van der Waals surface area contributed by atoms with Gasteiger partial charge in [0.1, 0.15) is 12.7 Å². The van der Waals surface area contributed by atoms with Gasteiger partial charge in [0.05, 0.1) is 11.6 Å². The largest absolute Gasteiger partial charge is 0.406 e. The Morgan fingerprint density at radius 1 is 1.27 bits per heavy atom. The van der Waals surface area contributed by atoms with E-state index in [-0.39, 0.29) is 6.04 Å². The Bertz CT molecular complexity index is 650. The number of benzene rings is 1. The van der Waals surface area contributed by atoms with Crippen molar-refractivity contribution in [1.82, 2.24) is 9.88 Å². The fraction of sp³-hybridized carbons (Fsp3) is 0.467. The highest BCUT2D eigenvalue weighted by atomic mass is 19.4.